The summed E-state index contributed by atoms with van der Waals surface area (Å²) in [5, 5.41) is 3.80. The normalized spacial score (nSPS) is 41.2. The van der Waals surface area contributed by atoms with Crippen molar-refractivity contribution in [2.45, 2.75) is 89.8 Å². The number of nitrogens with zero attached hydrogens (tertiary/aromatic N) is 1. The quantitative estimate of drug-likeness (QED) is 0.822. The van der Waals surface area contributed by atoms with Crippen molar-refractivity contribution in [2.24, 2.45) is 11.8 Å². The lowest BCUT2D eigenvalue weighted by Crippen LogP contribution is -2.49. The van der Waals surface area contributed by atoms with Crippen molar-refractivity contribution in [2.75, 3.05) is 13.1 Å². The second-order valence-corrected chi connectivity index (χ2v) is 7.88. The van der Waals surface area contributed by atoms with Crippen LogP contribution in [0.4, 0.5) is 0 Å². The largest absolute Gasteiger partial charge is 0.311 e. The fourth-order valence-corrected chi connectivity index (χ4v) is 4.88. The molecular weight excluding hydrogens is 244 g/mol. The van der Waals surface area contributed by atoms with Gasteiger partial charge in [-0.25, -0.2) is 0 Å². The van der Waals surface area contributed by atoms with Crippen LogP contribution in [0.2, 0.25) is 0 Å². The first-order chi connectivity index (χ1) is 9.74. The first kappa shape index (κ1) is 14.8. The third kappa shape index (κ3) is 3.57. The van der Waals surface area contributed by atoms with Crippen LogP contribution in [-0.2, 0) is 0 Å². The summed E-state index contributed by atoms with van der Waals surface area (Å²) in [6, 6.07) is 2.56. The summed E-state index contributed by atoms with van der Waals surface area (Å²) in [5.74, 6) is 1.98. The Hall–Kier alpha value is -0.0800. The van der Waals surface area contributed by atoms with Crippen LogP contribution in [-0.4, -0.2) is 36.1 Å². The van der Waals surface area contributed by atoms with Crippen LogP contribution >= 0.6 is 0 Å². The van der Waals surface area contributed by atoms with Crippen molar-refractivity contribution >= 4 is 0 Å². The molecule has 3 fully saturated rings. The smallest absolute Gasteiger partial charge is 0.0125 e. The fraction of sp³-hybridized carbons (Fsp3) is 1.00. The van der Waals surface area contributed by atoms with Gasteiger partial charge in [-0.1, -0.05) is 26.7 Å². The predicted octanol–water partition coefficient (Wildman–Crippen LogP) is 3.81. The molecule has 0 aromatic rings. The molecule has 2 heteroatoms. The highest BCUT2D eigenvalue weighted by Crippen LogP contribution is 2.33. The highest BCUT2D eigenvalue weighted by Gasteiger charge is 2.36. The fourth-order valence-electron chi connectivity index (χ4n) is 4.88. The molecule has 0 spiro atoms. The summed E-state index contributed by atoms with van der Waals surface area (Å²) in [5.41, 5.74) is 0. The van der Waals surface area contributed by atoms with Crippen LogP contribution in [0.25, 0.3) is 0 Å². The Morgan fingerprint density at radius 3 is 2.20 bits per heavy atom. The Labute approximate surface area is 125 Å². The molecule has 2 bridgehead atoms. The van der Waals surface area contributed by atoms with E-state index in [2.05, 4.69) is 24.1 Å². The molecule has 0 radical (unpaired) electrons. The maximum atomic E-state index is 3.80. The molecule has 20 heavy (non-hydrogen) atoms. The van der Waals surface area contributed by atoms with Gasteiger partial charge in [0.2, 0.25) is 0 Å². The Morgan fingerprint density at radius 2 is 1.60 bits per heavy atom. The lowest BCUT2D eigenvalue weighted by Gasteiger charge is -2.40. The van der Waals surface area contributed by atoms with Crippen LogP contribution in [0.5, 0.6) is 0 Å². The van der Waals surface area contributed by atoms with Gasteiger partial charge in [-0.05, 0) is 63.3 Å². The highest BCUT2D eigenvalue weighted by atomic mass is 15.2. The molecule has 116 valence electrons. The van der Waals surface area contributed by atoms with E-state index in [1.807, 2.05) is 0 Å². The molecule has 2 saturated heterocycles. The lowest BCUT2D eigenvalue weighted by atomic mass is 9.82. The molecule has 0 aromatic carbocycles. The zero-order valence-electron chi connectivity index (χ0n) is 13.6. The van der Waals surface area contributed by atoms with Gasteiger partial charge in [0.1, 0.15) is 0 Å². The zero-order chi connectivity index (χ0) is 13.9. The summed E-state index contributed by atoms with van der Waals surface area (Å²) >= 11 is 0. The molecule has 2 atom stereocenters. The van der Waals surface area contributed by atoms with E-state index >= 15 is 0 Å². The molecule has 0 amide bonds. The molecule has 3 rings (SSSR count). The number of hydrogen-bond acceptors (Lipinski definition) is 2. The van der Waals surface area contributed by atoms with E-state index < -0.39 is 0 Å². The second kappa shape index (κ2) is 6.79. The van der Waals surface area contributed by atoms with Gasteiger partial charge in [0.15, 0.2) is 0 Å². The third-order valence-electron chi connectivity index (χ3n) is 6.10. The maximum Gasteiger partial charge on any atom is 0.0125 e. The number of fused-ring (bicyclic) bond motifs is 2. The van der Waals surface area contributed by atoms with Crippen LogP contribution in [0.1, 0.15) is 71.6 Å². The Morgan fingerprint density at radius 1 is 0.950 bits per heavy atom. The van der Waals surface area contributed by atoms with Crippen LogP contribution in [0, 0.1) is 11.8 Å². The SMILES string of the molecule is CCCN(CC1CCC(C)CC1)C1CC2CCC(C1)N2. The van der Waals surface area contributed by atoms with Gasteiger partial charge in [-0.15, -0.1) is 0 Å². The first-order valence-corrected chi connectivity index (χ1v) is 9.24. The standard InChI is InChI=1S/C18H34N2/c1-3-10-20(13-15-6-4-14(2)5-7-15)18-11-16-8-9-17(12-18)19-16/h14-19H,3-13H2,1-2H3. The molecule has 2 nitrogen and oxygen atoms in total. The Kier molecular flexibility index (Phi) is 5.04. The van der Waals surface area contributed by atoms with Crippen molar-refractivity contribution < 1.29 is 0 Å². The summed E-state index contributed by atoms with van der Waals surface area (Å²) < 4.78 is 0. The average molecular weight is 278 g/mol. The van der Waals surface area contributed by atoms with Crippen LogP contribution in [0.15, 0.2) is 0 Å². The molecule has 0 aromatic heterocycles. The summed E-state index contributed by atoms with van der Waals surface area (Å²) in [7, 11) is 0. The Bertz CT molecular complexity index is 284. The Balaban J connectivity index is 1.55. The summed E-state index contributed by atoms with van der Waals surface area (Å²) in [4.78, 5) is 2.88. The van der Waals surface area contributed by atoms with E-state index in [0.717, 1.165) is 30.0 Å². The molecule has 2 aliphatic heterocycles. The van der Waals surface area contributed by atoms with Gasteiger partial charge in [0.05, 0.1) is 0 Å². The van der Waals surface area contributed by atoms with Crippen molar-refractivity contribution in [3.8, 4) is 0 Å². The van der Waals surface area contributed by atoms with E-state index in [0.29, 0.717) is 0 Å². The zero-order valence-corrected chi connectivity index (χ0v) is 13.6. The molecule has 1 N–H and O–H groups in total. The number of piperidine rings is 1. The molecule has 1 aliphatic carbocycles. The highest BCUT2D eigenvalue weighted by molar-refractivity contribution is 4.96. The predicted molar refractivity (Wildman–Crippen MR) is 86.0 cm³/mol. The monoisotopic (exact) mass is 278 g/mol. The average Bonchev–Trinajstić information content (AvgIpc) is 2.79. The van der Waals surface area contributed by atoms with Gasteiger partial charge in [-0.2, -0.15) is 0 Å². The van der Waals surface area contributed by atoms with Gasteiger partial charge in [0, 0.05) is 24.7 Å². The van der Waals surface area contributed by atoms with E-state index in [1.165, 1.54) is 70.9 Å². The minimum atomic E-state index is 0.837. The van der Waals surface area contributed by atoms with Crippen molar-refractivity contribution in [3.63, 3.8) is 0 Å². The third-order valence-corrected chi connectivity index (χ3v) is 6.10. The van der Waals surface area contributed by atoms with Crippen molar-refractivity contribution in [3.05, 3.63) is 0 Å². The second-order valence-electron chi connectivity index (χ2n) is 7.88. The summed E-state index contributed by atoms with van der Waals surface area (Å²) in [6.07, 6.45) is 12.9. The molecule has 1 saturated carbocycles. The van der Waals surface area contributed by atoms with E-state index in [-0.39, 0.29) is 0 Å². The van der Waals surface area contributed by atoms with E-state index in [4.69, 9.17) is 0 Å². The van der Waals surface area contributed by atoms with Gasteiger partial charge < -0.3 is 10.2 Å². The minimum Gasteiger partial charge on any atom is -0.311 e. The topological polar surface area (TPSA) is 15.3 Å². The minimum absolute atomic E-state index is 0.837. The van der Waals surface area contributed by atoms with Crippen molar-refractivity contribution in [1.29, 1.82) is 0 Å². The van der Waals surface area contributed by atoms with Gasteiger partial charge in [0.25, 0.3) is 0 Å². The van der Waals surface area contributed by atoms with E-state index in [1.54, 1.807) is 0 Å². The molecule has 2 unspecified atom stereocenters. The first-order valence-electron chi connectivity index (χ1n) is 9.24. The van der Waals surface area contributed by atoms with Crippen LogP contribution in [0.3, 0.4) is 0 Å². The molecular formula is C18H34N2. The number of rotatable bonds is 5. The lowest BCUT2D eigenvalue weighted by molar-refractivity contribution is 0.105. The number of hydrogen-bond donors (Lipinski definition) is 1. The maximum absolute atomic E-state index is 3.80. The van der Waals surface area contributed by atoms with Crippen LogP contribution < -0.4 is 5.32 Å². The van der Waals surface area contributed by atoms with Gasteiger partial charge in [-0.3, -0.25) is 0 Å². The van der Waals surface area contributed by atoms with Crippen molar-refractivity contribution in [1.82, 2.24) is 10.2 Å². The molecule has 3 aliphatic rings. The van der Waals surface area contributed by atoms with Gasteiger partial charge >= 0.3 is 0 Å². The van der Waals surface area contributed by atoms with E-state index in [9.17, 15) is 0 Å². The number of nitrogens with one attached hydrogen (secondary N) is 1. The molecule has 2 heterocycles. The summed E-state index contributed by atoms with van der Waals surface area (Å²) in [6.45, 7) is 7.51.